The van der Waals surface area contributed by atoms with Crippen molar-refractivity contribution in [3.63, 3.8) is 0 Å². The van der Waals surface area contributed by atoms with Crippen molar-refractivity contribution >= 4 is 34.8 Å². The number of benzene rings is 3. The van der Waals surface area contributed by atoms with Gasteiger partial charge in [0.1, 0.15) is 16.5 Å². The molecule has 0 fully saturated rings. The number of rotatable bonds is 6. The van der Waals surface area contributed by atoms with E-state index in [1.165, 1.54) is 11.8 Å². The van der Waals surface area contributed by atoms with Crippen molar-refractivity contribution in [2.75, 3.05) is 0 Å². The van der Waals surface area contributed by atoms with Gasteiger partial charge in [-0.25, -0.2) is 4.99 Å². The van der Waals surface area contributed by atoms with Crippen molar-refractivity contribution < 1.29 is 9.47 Å². The smallest absolute Gasteiger partial charge is 0.222 e. The van der Waals surface area contributed by atoms with E-state index in [-0.39, 0.29) is 0 Å². The van der Waals surface area contributed by atoms with Gasteiger partial charge in [0, 0.05) is 6.08 Å². The van der Waals surface area contributed by atoms with Crippen LogP contribution in [0.3, 0.4) is 0 Å². The number of hydrogen-bond donors (Lipinski definition) is 0. The fourth-order valence-electron chi connectivity index (χ4n) is 2.50. The van der Waals surface area contributed by atoms with Crippen LogP contribution in [0.15, 0.2) is 90.1 Å². The van der Waals surface area contributed by atoms with Crippen LogP contribution in [0.2, 0.25) is 10.0 Å². The van der Waals surface area contributed by atoms with Gasteiger partial charge in [0.25, 0.3) is 0 Å². The molecule has 0 aromatic heterocycles. The van der Waals surface area contributed by atoms with E-state index >= 15 is 0 Å². The molecule has 0 spiro atoms. The molecule has 3 rings (SSSR count). The summed E-state index contributed by atoms with van der Waals surface area (Å²) in [5, 5.41) is 0.740. The molecule has 0 aliphatic heterocycles. The fourth-order valence-corrected chi connectivity index (χ4v) is 2.83. The third-order valence-corrected chi connectivity index (χ3v) is 4.89. The second kappa shape index (κ2) is 10.1. The number of hydrogen-bond acceptors (Lipinski definition) is 3. The Bertz CT molecular complexity index is 997. The topological polar surface area (TPSA) is 30.8 Å². The summed E-state index contributed by atoms with van der Waals surface area (Å²) < 4.78 is 11.5. The highest BCUT2D eigenvalue weighted by atomic mass is 35.5. The van der Waals surface area contributed by atoms with Gasteiger partial charge in [-0.3, -0.25) is 0 Å². The lowest BCUT2D eigenvalue weighted by molar-refractivity contribution is 0.479. The van der Waals surface area contributed by atoms with E-state index in [0.717, 1.165) is 5.69 Å². The predicted octanol–water partition coefficient (Wildman–Crippen LogP) is 7.82. The second-order valence-corrected chi connectivity index (χ2v) is 7.37. The Labute approximate surface area is 181 Å². The van der Waals surface area contributed by atoms with E-state index in [9.17, 15) is 0 Å². The van der Waals surface area contributed by atoms with Crippen LogP contribution >= 0.6 is 23.2 Å². The zero-order valence-electron chi connectivity index (χ0n) is 16.2. The van der Waals surface area contributed by atoms with Crippen molar-refractivity contribution in [3.8, 4) is 11.5 Å². The van der Waals surface area contributed by atoms with Crippen molar-refractivity contribution in [3.05, 3.63) is 101 Å². The molecule has 3 aromatic rings. The van der Waals surface area contributed by atoms with E-state index in [2.05, 4.69) is 31.0 Å². The molecule has 0 unspecified atom stereocenters. The maximum atomic E-state index is 6.26. The summed E-state index contributed by atoms with van der Waals surface area (Å²) in [6, 6.07) is 22.7. The molecule has 5 heteroatoms. The lowest BCUT2D eigenvalue weighted by Gasteiger charge is -2.09. The summed E-state index contributed by atoms with van der Waals surface area (Å²) in [7, 11) is 0. The van der Waals surface area contributed by atoms with Crippen LogP contribution in [0.5, 0.6) is 11.5 Å². The highest BCUT2D eigenvalue weighted by Gasteiger charge is 2.09. The number of para-hydroxylation sites is 1. The number of halogens is 2. The third-order valence-electron chi connectivity index (χ3n) is 4.09. The summed E-state index contributed by atoms with van der Waals surface area (Å²) in [6.45, 7) is 4.30. The summed E-state index contributed by atoms with van der Waals surface area (Å²) >= 11 is 12.4. The Morgan fingerprint density at radius 3 is 2.31 bits per heavy atom. The van der Waals surface area contributed by atoms with Gasteiger partial charge in [0.2, 0.25) is 5.90 Å². The first kappa shape index (κ1) is 21.0. The first-order valence-corrected chi connectivity index (χ1v) is 9.97. The quantitative estimate of drug-likeness (QED) is 0.229. The average Bonchev–Trinajstić information content (AvgIpc) is 2.72. The van der Waals surface area contributed by atoms with Crippen LogP contribution in [-0.4, -0.2) is 5.90 Å². The fraction of sp³-hybridized carbons (Fsp3) is 0.125. The number of nitrogens with zero attached hydrogens (tertiary/aromatic N) is 1. The summed E-state index contributed by atoms with van der Waals surface area (Å²) in [4.78, 5) is 4.58. The van der Waals surface area contributed by atoms with E-state index in [4.69, 9.17) is 32.7 Å². The van der Waals surface area contributed by atoms with Gasteiger partial charge in [0.15, 0.2) is 0 Å². The van der Waals surface area contributed by atoms with Gasteiger partial charge in [-0.05, 0) is 47.9 Å². The van der Waals surface area contributed by atoms with Gasteiger partial charge in [-0.1, -0.05) is 73.4 Å². The first-order valence-electron chi connectivity index (χ1n) is 9.21. The Kier molecular flexibility index (Phi) is 7.34. The summed E-state index contributed by atoms with van der Waals surface area (Å²) in [5.41, 5.74) is 2.00. The van der Waals surface area contributed by atoms with E-state index in [1.54, 1.807) is 24.3 Å². The molecule has 0 saturated heterocycles. The molecule has 148 valence electrons. The lowest BCUT2D eigenvalue weighted by atomic mass is 10.0. The minimum atomic E-state index is 0.322. The maximum absolute atomic E-state index is 6.26. The van der Waals surface area contributed by atoms with Crippen LogP contribution in [0.1, 0.15) is 25.3 Å². The molecule has 0 N–H and O–H groups in total. The molecule has 0 bridgehead atoms. The van der Waals surface area contributed by atoms with Crippen LogP contribution in [-0.2, 0) is 0 Å². The summed E-state index contributed by atoms with van der Waals surface area (Å²) in [6.07, 6.45) is 3.16. The largest absolute Gasteiger partial charge is 0.465 e. The SMILES string of the molecule is CC(C)c1ccc(N=C(C=COc2ccccc2)Oc2cccc(Cl)c2Cl)cc1. The average molecular weight is 426 g/mol. The standard InChI is InChI=1S/C24H21Cl2NO2/c1-17(2)18-11-13-19(14-12-18)27-23(15-16-28-20-7-4-3-5-8-20)29-22-10-6-9-21(25)24(22)26/h3-17H,1-2H3. The maximum Gasteiger partial charge on any atom is 0.222 e. The number of aliphatic imine (C=N–C) groups is 1. The molecule has 0 aliphatic carbocycles. The Balaban J connectivity index is 1.86. The molecule has 0 heterocycles. The molecule has 0 aliphatic rings. The van der Waals surface area contributed by atoms with E-state index in [0.29, 0.717) is 33.4 Å². The predicted molar refractivity (Wildman–Crippen MR) is 121 cm³/mol. The summed E-state index contributed by atoms with van der Waals surface area (Å²) in [5.74, 6) is 1.90. The molecule has 3 nitrogen and oxygen atoms in total. The highest BCUT2D eigenvalue weighted by molar-refractivity contribution is 6.43. The van der Waals surface area contributed by atoms with Gasteiger partial charge in [0.05, 0.1) is 17.0 Å². The van der Waals surface area contributed by atoms with Crippen molar-refractivity contribution in [2.24, 2.45) is 4.99 Å². The van der Waals surface area contributed by atoms with Crippen LogP contribution in [0, 0.1) is 0 Å². The Morgan fingerprint density at radius 1 is 0.897 bits per heavy atom. The molecule has 0 radical (unpaired) electrons. The normalized spacial score (nSPS) is 11.8. The molecule has 0 amide bonds. The van der Waals surface area contributed by atoms with Crippen LogP contribution in [0.4, 0.5) is 5.69 Å². The second-order valence-electron chi connectivity index (χ2n) is 6.58. The Hall–Kier alpha value is -2.75. The van der Waals surface area contributed by atoms with Gasteiger partial charge < -0.3 is 9.47 Å². The van der Waals surface area contributed by atoms with Crippen LogP contribution in [0.25, 0.3) is 0 Å². The molecule has 29 heavy (non-hydrogen) atoms. The third kappa shape index (κ3) is 6.11. The van der Waals surface area contributed by atoms with Crippen LogP contribution < -0.4 is 9.47 Å². The first-order chi connectivity index (χ1) is 14.0. The van der Waals surface area contributed by atoms with Gasteiger partial charge in [-0.15, -0.1) is 0 Å². The zero-order valence-corrected chi connectivity index (χ0v) is 17.7. The highest BCUT2D eigenvalue weighted by Crippen LogP contribution is 2.32. The molecular weight excluding hydrogens is 405 g/mol. The molecular formula is C24H21Cl2NO2. The van der Waals surface area contributed by atoms with Gasteiger partial charge >= 0.3 is 0 Å². The monoisotopic (exact) mass is 425 g/mol. The molecule has 0 saturated carbocycles. The molecule has 0 atom stereocenters. The Morgan fingerprint density at radius 2 is 1.62 bits per heavy atom. The van der Waals surface area contributed by atoms with Gasteiger partial charge in [-0.2, -0.15) is 0 Å². The van der Waals surface area contributed by atoms with Crippen molar-refractivity contribution in [1.29, 1.82) is 0 Å². The minimum Gasteiger partial charge on any atom is -0.465 e. The molecule has 3 aromatic carbocycles. The zero-order chi connectivity index (χ0) is 20.6. The minimum absolute atomic E-state index is 0.322. The number of ether oxygens (including phenoxy) is 2. The van der Waals surface area contributed by atoms with Crippen molar-refractivity contribution in [1.82, 2.24) is 0 Å². The van der Waals surface area contributed by atoms with Crippen molar-refractivity contribution in [2.45, 2.75) is 19.8 Å². The van der Waals surface area contributed by atoms with E-state index < -0.39 is 0 Å². The lowest BCUT2D eigenvalue weighted by Crippen LogP contribution is -2.06. The van der Waals surface area contributed by atoms with E-state index in [1.807, 2.05) is 42.5 Å².